The lowest BCUT2D eigenvalue weighted by molar-refractivity contribution is 0.609. The van der Waals surface area contributed by atoms with Crippen molar-refractivity contribution in [2.24, 2.45) is 5.73 Å². The Morgan fingerprint density at radius 1 is 1.16 bits per heavy atom. The average Bonchev–Trinajstić information content (AvgIpc) is 2.84. The number of nitrogens with zero attached hydrogens (tertiary/aromatic N) is 1. The first-order valence-electron chi connectivity index (χ1n) is 6.59. The minimum Gasteiger partial charge on any atom is -0.363 e. The third-order valence-corrected chi connectivity index (χ3v) is 3.76. The molecule has 3 rings (SSSR count). The third-order valence-electron chi connectivity index (χ3n) is 3.76. The van der Waals surface area contributed by atoms with Gasteiger partial charge in [-0.1, -0.05) is 30.3 Å². The zero-order valence-corrected chi connectivity index (χ0v) is 10.7. The molecule has 2 nitrogen and oxygen atoms in total. The molecular weight excluding hydrogens is 239 g/mol. The summed E-state index contributed by atoms with van der Waals surface area (Å²) in [4.78, 5) is 2.28. The number of rotatable bonds is 3. The summed E-state index contributed by atoms with van der Waals surface area (Å²) < 4.78 is 13.4. The Balaban J connectivity index is 1.96. The van der Waals surface area contributed by atoms with Crippen molar-refractivity contribution in [1.29, 1.82) is 0 Å². The number of anilines is 1. The smallest absolute Gasteiger partial charge is 0.123 e. The molecule has 1 aliphatic heterocycles. The second-order valence-electron chi connectivity index (χ2n) is 4.88. The Kier molecular flexibility index (Phi) is 3.22. The van der Waals surface area contributed by atoms with E-state index in [1.807, 2.05) is 12.1 Å². The fourth-order valence-electron chi connectivity index (χ4n) is 2.84. The Bertz CT molecular complexity index is 582. The van der Waals surface area contributed by atoms with Crippen LogP contribution in [0.25, 0.3) is 0 Å². The maximum Gasteiger partial charge on any atom is 0.123 e. The molecule has 1 heterocycles. The Morgan fingerprint density at radius 3 is 2.79 bits per heavy atom. The van der Waals surface area contributed by atoms with E-state index in [0.29, 0.717) is 6.54 Å². The van der Waals surface area contributed by atoms with Crippen molar-refractivity contribution < 1.29 is 4.39 Å². The van der Waals surface area contributed by atoms with Crippen LogP contribution in [-0.4, -0.2) is 13.1 Å². The summed E-state index contributed by atoms with van der Waals surface area (Å²) in [6.45, 7) is 1.43. The first-order chi connectivity index (χ1) is 9.29. The number of benzene rings is 2. The van der Waals surface area contributed by atoms with Crippen molar-refractivity contribution >= 4 is 5.69 Å². The van der Waals surface area contributed by atoms with Crippen LogP contribution in [0.2, 0.25) is 0 Å². The van der Waals surface area contributed by atoms with Crippen LogP contribution in [0.5, 0.6) is 0 Å². The van der Waals surface area contributed by atoms with Gasteiger partial charge in [0, 0.05) is 18.8 Å². The monoisotopic (exact) mass is 256 g/mol. The lowest BCUT2D eigenvalue weighted by Gasteiger charge is -2.29. The summed E-state index contributed by atoms with van der Waals surface area (Å²) in [7, 11) is 0. The highest BCUT2D eigenvalue weighted by Gasteiger charge is 2.26. The van der Waals surface area contributed by atoms with Gasteiger partial charge in [0.1, 0.15) is 5.82 Å². The molecule has 19 heavy (non-hydrogen) atoms. The molecule has 1 unspecified atom stereocenters. The van der Waals surface area contributed by atoms with Crippen molar-refractivity contribution in [3.8, 4) is 0 Å². The first-order valence-corrected chi connectivity index (χ1v) is 6.59. The molecule has 0 spiro atoms. The molecule has 0 aromatic heterocycles. The van der Waals surface area contributed by atoms with E-state index < -0.39 is 0 Å². The molecule has 2 aromatic carbocycles. The molecule has 3 heteroatoms. The van der Waals surface area contributed by atoms with Crippen molar-refractivity contribution in [3.63, 3.8) is 0 Å². The number of hydrogen-bond acceptors (Lipinski definition) is 2. The van der Waals surface area contributed by atoms with Crippen LogP contribution in [0.1, 0.15) is 17.2 Å². The Labute approximate surface area is 112 Å². The van der Waals surface area contributed by atoms with Crippen LogP contribution in [-0.2, 0) is 6.42 Å². The van der Waals surface area contributed by atoms with Crippen LogP contribution in [0, 0.1) is 5.82 Å². The van der Waals surface area contributed by atoms with Crippen molar-refractivity contribution in [1.82, 2.24) is 0 Å². The van der Waals surface area contributed by atoms with Gasteiger partial charge < -0.3 is 10.6 Å². The van der Waals surface area contributed by atoms with Crippen LogP contribution in [0.3, 0.4) is 0 Å². The van der Waals surface area contributed by atoms with E-state index in [-0.39, 0.29) is 11.9 Å². The van der Waals surface area contributed by atoms with Gasteiger partial charge in [-0.3, -0.25) is 0 Å². The minimum absolute atomic E-state index is 0.0411. The summed E-state index contributed by atoms with van der Waals surface area (Å²) in [6, 6.07) is 15.1. The Hall–Kier alpha value is -1.87. The lowest BCUT2D eigenvalue weighted by atomic mass is 10.0. The van der Waals surface area contributed by atoms with Crippen LogP contribution < -0.4 is 10.6 Å². The van der Waals surface area contributed by atoms with E-state index >= 15 is 0 Å². The van der Waals surface area contributed by atoms with Gasteiger partial charge in [-0.2, -0.15) is 0 Å². The zero-order valence-electron chi connectivity index (χ0n) is 10.7. The molecule has 98 valence electrons. The molecule has 0 saturated heterocycles. The van der Waals surface area contributed by atoms with E-state index in [1.54, 1.807) is 12.1 Å². The quantitative estimate of drug-likeness (QED) is 0.915. The van der Waals surface area contributed by atoms with Gasteiger partial charge in [0.25, 0.3) is 0 Å². The number of nitrogens with two attached hydrogens (primary N) is 1. The van der Waals surface area contributed by atoms with Gasteiger partial charge in [0.15, 0.2) is 0 Å². The molecule has 0 fully saturated rings. The fourth-order valence-corrected chi connectivity index (χ4v) is 2.84. The predicted octanol–water partition coefficient (Wildman–Crippen LogP) is 2.89. The molecule has 1 atom stereocenters. The molecule has 0 radical (unpaired) electrons. The molecule has 0 saturated carbocycles. The predicted molar refractivity (Wildman–Crippen MR) is 75.7 cm³/mol. The van der Waals surface area contributed by atoms with Crippen molar-refractivity contribution in [3.05, 3.63) is 65.5 Å². The van der Waals surface area contributed by atoms with Gasteiger partial charge in [0.05, 0.1) is 6.04 Å². The average molecular weight is 256 g/mol. The topological polar surface area (TPSA) is 29.3 Å². The number of para-hydroxylation sites is 1. The van der Waals surface area contributed by atoms with Gasteiger partial charge in [-0.05, 0) is 35.7 Å². The minimum atomic E-state index is -0.205. The summed E-state index contributed by atoms with van der Waals surface area (Å²) in [5.74, 6) is -0.205. The maximum absolute atomic E-state index is 13.4. The third kappa shape index (κ3) is 2.22. The van der Waals surface area contributed by atoms with Gasteiger partial charge in [-0.15, -0.1) is 0 Å². The highest BCUT2D eigenvalue weighted by Crippen LogP contribution is 2.34. The first kappa shape index (κ1) is 12.2. The SMILES string of the molecule is NCC(c1cccc(F)c1)N1CCc2ccccc21. The molecular formula is C16H17FN2. The molecule has 0 amide bonds. The number of halogens is 1. The Morgan fingerprint density at radius 2 is 2.00 bits per heavy atom. The van der Waals surface area contributed by atoms with Crippen LogP contribution in [0.15, 0.2) is 48.5 Å². The molecule has 2 aromatic rings. The van der Waals surface area contributed by atoms with Gasteiger partial charge in [-0.25, -0.2) is 4.39 Å². The second-order valence-corrected chi connectivity index (χ2v) is 4.88. The largest absolute Gasteiger partial charge is 0.363 e. The molecule has 1 aliphatic rings. The van der Waals surface area contributed by atoms with E-state index in [1.165, 1.54) is 17.3 Å². The fraction of sp³-hybridized carbons (Fsp3) is 0.250. The lowest BCUT2D eigenvalue weighted by Crippen LogP contribution is -2.32. The molecule has 2 N–H and O–H groups in total. The number of hydrogen-bond donors (Lipinski definition) is 1. The normalized spacial score (nSPS) is 15.4. The second kappa shape index (κ2) is 5.02. The summed E-state index contributed by atoms with van der Waals surface area (Å²) >= 11 is 0. The summed E-state index contributed by atoms with van der Waals surface area (Å²) in [5.41, 5.74) is 9.44. The summed E-state index contributed by atoms with van der Waals surface area (Å²) in [5, 5.41) is 0. The standard InChI is InChI=1S/C16H17FN2/c17-14-6-3-5-13(10-14)16(11-18)19-9-8-12-4-1-2-7-15(12)19/h1-7,10,16H,8-9,11,18H2. The van der Waals surface area contributed by atoms with E-state index in [4.69, 9.17) is 5.73 Å². The van der Waals surface area contributed by atoms with Crippen LogP contribution in [0.4, 0.5) is 10.1 Å². The van der Waals surface area contributed by atoms with E-state index in [9.17, 15) is 4.39 Å². The van der Waals surface area contributed by atoms with Gasteiger partial charge >= 0.3 is 0 Å². The highest BCUT2D eigenvalue weighted by molar-refractivity contribution is 5.59. The van der Waals surface area contributed by atoms with E-state index in [2.05, 4.69) is 23.1 Å². The highest BCUT2D eigenvalue weighted by atomic mass is 19.1. The van der Waals surface area contributed by atoms with Crippen molar-refractivity contribution in [2.75, 3.05) is 18.0 Å². The molecule has 0 aliphatic carbocycles. The van der Waals surface area contributed by atoms with E-state index in [0.717, 1.165) is 18.5 Å². The molecule has 0 bridgehead atoms. The number of fused-ring (bicyclic) bond motifs is 1. The van der Waals surface area contributed by atoms with Crippen molar-refractivity contribution in [2.45, 2.75) is 12.5 Å². The zero-order chi connectivity index (χ0) is 13.2. The summed E-state index contributed by atoms with van der Waals surface area (Å²) in [6.07, 6.45) is 1.03. The van der Waals surface area contributed by atoms with Crippen LogP contribution >= 0.6 is 0 Å². The van der Waals surface area contributed by atoms with Gasteiger partial charge in [0.2, 0.25) is 0 Å². The maximum atomic E-state index is 13.4.